The van der Waals surface area contributed by atoms with Crippen molar-refractivity contribution in [2.45, 2.75) is 17.9 Å². The summed E-state index contributed by atoms with van der Waals surface area (Å²) in [7, 11) is 7.19. The second-order valence-corrected chi connectivity index (χ2v) is 10.7. The largest absolute Gasteiger partial charge is 0.481 e. The zero-order valence-corrected chi connectivity index (χ0v) is 24.4. The zero-order valence-electron chi connectivity index (χ0n) is 24.4. The van der Waals surface area contributed by atoms with Gasteiger partial charge in [0.25, 0.3) is 0 Å². The van der Waals surface area contributed by atoms with E-state index in [1.54, 1.807) is 26.4 Å². The molecule has 2 atom stereocenters. The molecular weight excluding hydrogens is 522 g/mol. The van der Waals surface area contributed by atoms with Gasteiger partial charge < -0.3 is 19.5 Å². The molecule has 0 saturated heterocycles. The summed E-state index contributed by atoms with van der Waals surface area (Å²) < 4.78 is 11.6. The number of pyridine rings is 1. The van der Waals surface area contributed by atoms with E-state index in [0.717, 1.165) is 38.6 Å². The number of fused-ring (bicyclic) bond motifs is 1. The first kappa shape index (κ1) is 28.8. The number of hydrogen-bond donors (Lipinski definition) is 1. The van der Waals surface area contributed by atoms with E-state index in [1.165, 1.54) is 0 Å². The molecule has 1 heterocycles. The minimum Gasteiger partial charge on any atom is -0.481 e. The predicted molar refractivity (Wildman–Crippen MR) is 167 cm³/mol. The van der Waals surface area contributed by atoms with Crippen LogP contribution in [0.1, 0.15) is 34.6 Å². The first-order valence-corrected chi connectivity index (χ1v) is 13.9. The van der Waals surface area contributed by atoms with Crippen LogP contribution in [0, 0.1) is 11.3 Å². The molecule has 0 amide bonds. The van der Waals surface area contributed by atoms with Gasteiger partial charge in [-0.1, -0.05) is 84.9 Å². The van der Waals surface area contributed by atoms with Crippen LogP contribution < -0.4 is 9.47 Å². The van der Waals surface area contributed by atoms with Crippen molar-refractivity contribution < 1.29 is 14.6 Å². The quantitative estimate of drug-likeness (QED) is 0.204. The number of aliphatic hydroxyl groups is 1. The molecule has 6 nitrogen and oxygen atoms in total. The molecule has 5 aromatic rings. The van der Waals surface area contributed by atoms with Gasteiger partial charge >= 0.3 is 0 Å². The van der Waals surface area contributed by atoms with Gasteiger partial charge in [-0.3, -0.25) is 0 Å². The van der Waals surface area contributed by atoms with Gasteiger partial charge in [-0.05, 0) is 66.2 Å². The monoisotopic (exact) mass is 557 g/mol. The average Bonchev–Trinajstić information content (AvgIpc) is 3.04. The van der Waals surface area contributed by atoms with Gasteiger partial charge in [-0.15, -0.1) is 0 Å². The molecule has 0 saturated carbocycles. The zero-order chi connectivity index (χ0) is 29.7. The smallest absolute Gasteiger partial charge is 0.224 e. The van der Waals surface area contributed by atoms with E-state index >= 15 is 0 Å². The van der Waals surface area contributed by atoms with Crippen molar-refractivity contribution in [1.29, 1.82) is 5.26 Å². The Balaban J connectivity index is 1.83. The van der Waals surface area contributed by atoms with Crippen LogP contribution in [0.15, 0.2) is 103 Å². The van der Waals surface area contributed by atoms with Crippen LogP contribution in [0.3, 0.4) is 0 Å². The molecule has 0 aliphatic rings. The summed E-state index contributed by atoms with van der Waals surface area (Å²) in [6.07, 6.45) is 0.453. The first-order chi connectivity index (χ1) is 20.4. The van der Waals surface area contributed by atoms with Gasteiger partial charge in [-0.2, -0.15) is 10.2 Å². The number of benzene rings is 4. The molecule has 1 N–H and O–H groups in total. The highest BCUT2D eigenvalue weighted by atomic mass is 16.5. The molecule has 0 aliphatic carbocycles. The summed E-state index contributed by atoms with van der Waals surface area (Å²) in [6.45, 7) is 0.650. The molecule has 42 heavy (non-hydrogen) atoms. The van der Waals surface area contributed by atoms with Gasteiger partial charge in [-0.25, -0.2) is 0 Å². The molecule has 0 fully saturated rings. The van der Waals surface area contributed by atoms with Crippen molar-refractivity contribution in [2.75, 3.05) is 34.9 Å². The van der Waals surface area contributed by atoms with E-state index in [-0.39, 0.29) is 0 Å². The topological polar surface area (TPSA) is 78.6 Å². The number of methoxy groups -OCH3 is 2. The lowest BCUT2D eigenvalue weighted by Crippen LogP contribution is -2.38. The van der Waals surface area contributed by atoms with E-state index in [9.17, 15) is 10.4 Å². The second kappa shape index (κ2) is 12.4. The van der Waals surface area contributed by atoms with Crippen LogP contribution in [0.2, 0.25) is 0 Å². The van der Waals surface area contributed by atoms with E-state index < -0.39 is 11.5 Å². The van der Waals surface area contributed by atoms with Gasteiger partial charge in [0.2, 0.25) is 11.8 Å². The van der Waals surface area contributed by atoms with Gasteiger partial charge in [0.1, 0.15) is 5.60 Å². The third-order valence-electron chi connectivity index (χ3n) is 7.81. The molecule has 0 spiro atoms. The molecular formula is C36H35N3O3. The number of hydrogen-bond acceptors (Lipinski definition) is 6. The highest BCUT2D eigenvalue weighted by Gasteiger charge is 2.43. The van der Waals surface area contributed by atoms with Crippen LogP contribution in [0.25, 0.3) is 21.9 Å². The van der Waals surface area contributed by atoms with Crippen molar-refractivity contribution >= 4 is 10.8 Å². The van der Waals surface area contributed by atoms with Crippen molar-refractivity contribution in [2.24, 2.45) is 0 Å². The third-order valence-corrected chi connectivity index (χ3v) is 7.81. The lowest BCUT2D eigenvalue weighted by Gasteiger charge is -2.39. The summed E-state index contributed by atoms with van der Waals surface area (Å²) in [5, 5.41) is 24.6. The Kier molecular flexibility index (Phi) is 8.53. The first-order valence-electron chi connectivity index (χ1n) is 13.9. The number of ether oxygens (including phenoxy) is 2. The summed E-state index contributed by atoms with van der Waals surface area (Å²) in [6, 6.07) is 35.8. The molecule has 0 bridgehead atoms. The molecule has 6 heteroatoms. The van der Waals surface area contributed by atoms with Crippen molar-refractivity contribution in [3.63, 3.8) is 0 Å². The van der Waals surface area contributed by atoms with Crippen LogP contribution in [0.5, 0.6) is 11.8 Å². The van der Waals surface area contributed by atoms with Gasteiger partial charge in [0.05, 0.1) is 25.9 Å². The van der Waals surface area contributed by atoms with Crippen molar-refractivity contribution in [1.82, 2.24) is 9.88 Å². The predicted octanol–water partition coefficient (Wildman–Crippen LogP) is 6.76. The minimum absolute atomic E-state index is 0.376. The summed E-state index contributed by atoms with van der Waals surface area (Å²) in [5.41, 5.74) is 3.31. The van der Waals surface area contributed by atoms with Crippen LogP contribution in [-0.4, -0.2) is 49.9 Å². The Bertz CT molecular complexity index is 1710. The lowest BCUT2D eigenvalue weighted by atomic mass is 9.70. The molecule has 4 aromatic carbocycles. The van der Waals surface area contributed by atoms with E-state index in [1.807, 2.05) is 86.9 Å². The lowest BCUT2D eigenvalue weighted by molar-refractivity contribution is 0.00513. The van der Waals surface area contributed by atoms with E-state index in [4.69, 9.17) is 14.5 Å². The Hall–Kier alpha value is -4.70. The highest BCUT2D eigenvalue weighted by Crippen LogP contribution is 2.50. The maximum absolute atomic E-state index is 13.2. The average molecular weight is 558 g/mol. The molecule has 0 unspecified atom stereocenters. The molecule has 1 aromatic heterocycles. The summed E-state index contributed by atoms with van der Waals surface area (Å²) in [5.74, 6) is 0.227. The third kappa shape index (κ3) is 5.58. The molecule has 5 rings (SSSR count). The molecule has 0 aliphatic heterocycles. The fourth-order valence-corrected chi connectivity index (χ4v) is 5.74. The fraction of sp³-hybridized carbons (Fsp3) is 0.222. The van der Waals surface area contributed by atoms with Crippen molar-refractivity contribution in [3.05, 3.63) is 125 Å². The second-order valence-electron chi connectivity index (χ2n) is 10.7. The Labute approximate surface area is 247 Å². The number of aromatic nitrogens is 1. The Morgan fingerprint density at radius 3 is 2.19 bits per heavy atom. The van der Waals surface area contributed by atoms with Crippen LogP contribution >= 0.6 is 0 Å². The van der Waals surface area contributed by atoms with E-state index in [0.29, 0.717) is 30.3 Å². The number of nitrogens with zero attached hydrogens (tertiary/aromatic N) is 3. The van der Waals surface area contributed by atoms with Gasteiger partial charge in [0, 0.05) is 23.6 Å². The van der Waals surface area contributed by atoms with Crippen LogP contribution in [0.4, 0.5) is 0 Å². The van der Waals surface area contributed by atoms with Gasteiger partial charge in [0.15, 0.2) is 0 Å². The Morgan fingerprint density at radius 1 is 0.857 bits per heavy atom. The Morgan fingerprint density at radius 2 is 1.52 bits per heavy atom. The number of nitriles is 1. The standard InChI is InChI=1S/C36H35N3O3/c1-39(2)22-21-36(40,32-16-10-14-26-11-8-9-15-29(26)32)33(28-12-6-5-7-13-28)31-23-30(34(41-3)38-35(31)42-4)27-19-17-25(24-37)18-20-27/h5-20,23,33,40H,21-22H2,1-4H3/t33-,36-/m0/s1. The van der Waals surface area contributed by atoms with Crippen molar-refractivity contribution in [3.8, 4) is 29.0 Å². The molecule has 212 valence electrons. The van der Waals surface area contributed by atoms with Crippen LogP contribution in [-0.2, 0) is 5.60 Å². The minimum atomic E-state index is -1.35. The fourth-order valence-electron chi connectivity index (χ4n) is 5.74. The molecule has 0 radical (unpaired) electrons. The highest BCUT2D eigenvalue weighted by molar-refractivity contribution is 5.87. The number of rotatable bonds is 10. The van der Waals surface area contributed by atoms with E-state index in [2.05, 4.69) is 29.2 Å². The maximum Gasteiger partial charge on any atom is 0.224 e. The summed E-state index contributed by atoms with van der Waals surface area (Å²) >= 11 is 0. The summed E-state index contributed by atoms with van der Waals surface area (Å²) in [4.78, 5) is 6.90. The normalized spacial score (nSPS) is 13.4. The SMILES string of the molecule is COc1nc(OC)c([C@H](c2ccccc2)[C@](O)(CCN(C)C)c2cccc3ccccc23)cc1-c1ccc(C#N)cc1. The maximum atomic E-state index is 13.2.